The van der Waals surface area contributed by atoms with E-state index in [1.165, 1.54) is 4.90 Å². The first-order valence-electron chi connectivity index (χ1n) is 7.30. The summed E-state index contributed by atoms with van der Waals surface area (Å²) in [5.74, 6) is -0.116. The standard InChI is InChI=1S/C14H27N3O3.ClH/c1-17(10-13(18)16-7-4-8-20-2)14(19)11-5-3-6-12(15)9-11;/h11-12H,3-10,15H2,1-2H3,(H,16,18);1H. The SMILES string of the molecule is COCCCNC(=O)CN(C)C(=O)C1CCCC(N)C1.Cl. The molecular formula is C14H28ClN3O3. The zero-order chi connectivity index (χ0) is 15.0. The van der Waals surface area contributed by atoms with Crippen molar-refractivity contribution in [3.8, 4) is 0 Å². The fourth-order valence-corrected chi connectivity index (χ4v) is 2.56. The number of carbonyl (C=O) groups is 2. The molecule has 0 aromatic heterocycles. The summed E-state index contributed by atoms with van der Waals surface area (Å²) in [5, 5.41) is 2.78. The Morgan fingerprint density at radius 1 is 1.38 bits per heavy atom. The predicted molar refractivity (Wildman–Crippen MR) is 84.3 cm³/mol. The Labute approximate surface area is 133 Å². The van der Waals surface area contributed by atoms with E-state index in [9.17, 15) is 9.59 Å². The summed E-state index contributed by atoms with van der Waals surface area (Å²) in [6.45, 7) is 1.30. The molecular weight excluding hydrogens is 294 g/mol. The van der Waals surface area contributed by atoms with Crippen LogP contribution >= 0.6 is 12.4 Å². The normalized spacial score (nSPS) is 21.3. The minimum atomic E-state index is -0.128. The van der Waals surface area contributed by atoms with Crippen LogP contribution in [0.15, 0.2) is 0 Å². The topological polar surface area (TPSA) is 84.7 Å². The fourth-order valence-electron chi connectivity index (χ4n) is 2.56. The Bertz CT molecular complexity index is 329. The third-order valence-corrected chi connectivity index (χ3v) is 3.67. The highest BCUT2D eigenvalue weighted by Crippen LogP contribution is 2.24. The molecule has 1 fully saturated rings. The van der Waals surface area contributed by atoms with Gasteiger partial charge in [-0.1, -0.05) is 6.42 Å². The molecule has 0 spiro atoms. The number of nitrogens with two attached hydrogens (primary N) is 1. The quantitative estimate of drug-likeness (QED) is 0.670. The molecule has 1 aliphatic carbocycles. The van der Waals surface area contributed by atoms with Crippen molar-refractivity contribution in [1.29, 1.82) is 0 Å². The van der Waals surface area contributed by atoms with Crippen LogP contribution in [0, 0.1) is 5.92 Å². The molecule has 1 rings (SSSR count). The Balaban J connectivity index is 0.00000400. The van der Waals surface area contributed by atoms with Gasteiger partial charge in [0.2, 0.25) is 11.8 Å². The Hall–Kier alpha value is -0.850. The molecule has 0 bridgehead atoms. The van der Waals surface area contributed by atoms with Crippen LogP contribution in [0.4, 0.5) is 0 Å². The summed E-state index contributed by atoms with van der Waals surface area (Å²) in [4.78, 5) is 25.4. The van der Waals surface area contributed by atoms with Gasteiger partial charge in [-0.15, -0.1) is 12.4 Å². The Morgan fingerprint density at radius 2 is 2.10 bits per heavy atom. The largest absolute Gasteiger partial charge is 0.385 e. The highest BCUT2D eigenvalue weighted by molar-refractivity contribution is 5.86. The van der Waals surface area contributed by atoms with Crippen molar-refractivity contribution in [1.82, 2.24) is 10.2 Å². The van der Waals surface area contributed by atoms with E-state index in [1.807, 2.05) is 0 Å². The van der Waals surface area contributed by atoms with Gasteiger partial charge >= 0.3 is 0 Å². The van der Waals surface area contributed by atoms with Crippen molar-refractivity contribution in [2.75, 3.05) is 33.9 Å². The summed E-state index contributed by atoms with van der Waals surface area (Å²) >= 11 is 0. The van der Waals surface area contributed by atoms with E-state index in [1.54, 1.807) is 14.2 Å². The number of hydrogen-bond donors (Lipinski definition) is 2. The molecule has 0 aromatic rings. The van der Waals surface area contributed by atoms with Crippen LogP contribution < -0.4 is 11.1 Å². The van der Waals surface area contributed by atoms with E-state index in [2.05, 4.69) is 5.32 Å². The number of methoxy groups -OCH3 is 1. The number of rotatable bonds is 7. The number of nitrogens with one attached hydrogen (secondary N) is 1. The molecule has 0 saturated heterocycles. The lowest BCUT2D eigenvalue weighted by Crippen LogP contribution is -2.43. The molecule has 124 valence electrons. The van der Waals surface area contributed by atoms with Crippen molar-refractivity contribution < 1.29 is 14.3 Å². The van der Waals surface area contributed by atoms with Crippen molar-refractivity contribution in [2.45, 2.75) is 38.1 Å². The van der Waals surface area contributed by atoms with Gasteiger partial charge in [-0.05, 0) is 25.7 Å². The lowest BCUT2D eigenvalue weighted by molar-refractivity contribution is -0.139. The van der Waals surface area contributed by atoms with Crippen molar-refractivity contribution in [3.63, 3.8) is 0 Å². The number of nitrogens with zero attached hydrogens (tertiary/aromatic N) is 1. The van der Waals surface area contributed by atoms with Gasteiger partial charge in [0.05, 0.1) is 6.54 Å². The Kier molecular flexibility index (Phi) is 10.4. The molecule has 0 aliphatic heterocycles. The maximum Gasteiger partial charge on any atom is 0.239 e. The number of carbonyl (C=O) groups excluding carboxylic acids is 2. The summed E-state index contributed by atoms with van der Waals surface area (Å²) in [6, 6.07) is 0.119. The maximum absolute atomic E-state index is 12.2. The molecule has 1 saturated carbocycles. The highest BCUT2D eigenvalue weighted by Gasteiger charge is 2.28. The summed E-state index contributed by atoms with van der Waals surface area (Å²) < 4.78 is 4.90. The van der Waals surface area contributed by atoms with E-state index in [4.69, 9.17) is 10.5 Å². The first-order valence-corrected chi connectivity index (χ1v) is 7.30. The van der Waals surface area contributed by atoms with Gasteiger partial charge in [0.25, 0.3) is 0 Å². The molecule has 6 nitrogen and oxygen atoms in total. The Morgan fingerprint density at radius 3 is 2.71 bits per heavy atom. The number of amides is 2. The molecule has 7 heteroatoms. The molecule has 2 atom stereocenters. The van der Waals surface area contributed by atoms with Gasteiger partial charge < -0.3 is 20.7 Å². The van der Waals surface area contributed by atoms with Crippen LogP contribution in [0.25, 0.3) is 0 Å². The lowest BCUT2D eigenvalue weighted by atomic mass is 9.85. The second kappa shape index (κ2) is 10.8. The fraction of sp³-hybridized carbons (Fsp3) is 0.857. The van der Waals surface area contributed by atoms with E-state index in [0.29, 0.717) is 13.2 Å². The zero-order valence-electron chi connectivity index (χ0n) is 13.0. The van der Waals surface area contributed by atoms with Crippen LogP contribution in [0.5, 0.6) is 0 Å². The second-order valence-corrected chi connectivity index (χ2v) is 5.51. The third-order valence-electron chi connectivity index (χ3n) is 3.67. The summed E-state index contributed by atoms with van der Waals surface area (Å²) in [5.41, 5.74) is 5.90. The molecule has 2 amide bonds. The van der Waals surface area contributed by atoms with Gasteiger partial charge in [0.15, 0.2) is 0 Å². The van der Waals surface area contributed by atoms with Crippen molar-refractivity contribution >= 4 is 24.2 Å². The highest BCUT2D eigenvalue weighted by atomic mass is 35.5. The maximum atomic E-state index is 12.2. The number of ether oxygens (including phenoxy) is 1. The monoisotopic (exact) mass is 321 g/mol. The average Bonchev–Trinajstić information content (AvgIpc) is 2.42. The third kappa shape index (κ3) is 7.64. The van der Waals surface area contributed by atoms with Gasteiger partial charge in [-0.25, -0.2) is 0 Å². The van der Waals surface area contributed by atoms with Gasteiger partial charge in [0.1, 0.15) is 0 Å². The number of halogens is 1. The van der Waals surface area contributed by atoms with Crippen LogP contribution in [0.1, 0.15) is 32.1 Å². The lowest BCUT2D eigenvalue weighted by Gasteiger charge is -2.29. The first-order chi connectivity index (χ1) is 9.54. The molecule has 0 aromatic carbocycles. The van der Waals surface area contributed by atoms with Crippen LogP contribution in [0.3, 0.4) is 0 Å². The molecule has 1 aliphatic rings. The van der Waals surface area contributed by atoms with Crippen LogP contribution in [-0.4, -0.2) is 56.6 Å². The van der Waals surface area contributed by atoms with Crippen molar-refractivity contribution in [2.24, 2.45) is 11.7 Å². The molecule has 0 heterocycles. The van der Waals surface area contributed by atoms with E-state index in [-0.39, 0.29) is 42.7 Å². The van der Waals surface area contributed by atoms with E-state index in [0.717, 1.165) is 32.1 Å². The molecule has 0 radical (unpaired) electrons. The molecule has 2 unspecified atom stereocenters. The average molecular weight is 322 g/mol. The number of likely N-dealkylation sites (N-methyl/N-ethyl adjacent to an activating group) is 1. The van der Waals surface area contributed by atoms with Gasteiger partial charge in [-0.3, -0.25) is 9.59 Å². The van der Waals surface area contributed by atoms with Crippen molar-refractivity contribution in [3.05, 3.63) is 0 Å². The van der Waals surface area contributed by atoms with Gasteiger partial charge in [0, 0.05) is 39.3 Å². The van der Waals surface area contributed by atoms with E-state index >= 15 is 0 Å². The summed E-state index contributed by atoms with van der Waals surface area (Å²) in [6.07, 6.45) is 4.38. The first kappa shape index (κ1) is 20.1. The van der Waals surface area contributed by atoms with Gasteiger partial charge in [-0.2, -0.15) is 0 Å². The minimum absolute atomic E-state index is 0. The molecule has 3 N–H and O–H groups in total. The molecule has 21 heavy (non-hydrogen) atoms. The van der Waals surface area contributed by atoms with Crippen LogP contribution in [0.2, 0.25) is 0 Å². The summed E-state index contributed by atoms with van der Waals surface area (Å²) in [7, 11) is 3.31. The smallest absolute Gasteiger partial charge is 0.239 e. The predicted octanol–water partition coefficient (Wildman–Crippen LogP) is 0.537. The van der Waals surface area contributed by atoms with E-state index < -0.39 is 0 Å². The van der Waals surface area contributed by atoms with Crippen LogP contribution in [-0.2, 0) is 14.3 Å². The second-order valence-electron chi connectivity index (χ2n) is 5.51. The zero-order valence-corrected chi connectivity index (χ0v) is 13.8. The number of hydrogen-bond acceptors (Lipinski definition) is 4. The minimum Gasteiger partial charge on any atom is -0.385 e.